The van der Waals surface area contributed by atoms with Crippen LogP contribution in [0.25, 0.3) is 0 Å². The maximum absolute atomic E-state index is 11.0. The molecule has 1 aromatic carbocycles. The van der Waals surface area contributed by atoms with E-state index in [4.69, 9.17) is 0 Å². The lowest BCUT2D eigenvalue weighted by molar-refractivity contribution is -0.114. The predicted octanol–water partition coefficient (Wildman–Crippen LogP) is 1.61. The molecule has 1 amide bonds. The number of carbonyl (C=O) groups excluding carboxylic acids is 1. The normalized spacial score (nSPS) is 16.9. The van der Waals surface area contributed by atoms with E-state index in [1.807, 2.05) is 24.3 Å². The molecule has 0 atom stereocenters. The van der Waals surface area contributed by atoms with Crippen LogP contribution in [-0.4, -0.2) is 30.2 Å². The largest absolute Gasteiger partial charge is 0.393 e. The van der Waals surface area contributed by atoms with Crippen LogP contribution in [0.4, 0.5) is 11.4 Å². The molecule has 4 nitrogen and oxygen atoms in total. The van der Waals surface area contributed by atoms with Gasteiger partial charge in [-0.15, -0.1) is 0 Å². The minimum atomic E-state index is -0.162. The quantitative estimate of drug-likeness (QED) is 0.817. The van der Waals surface area contributed by atoms with Crippen LogP contribution in [0.2, 0.25) is 0 Å². The second-order valence-corrected chi connectivity index (χ2v) is 4.45. The molecule has 0 aromatic heterocycles. The van der Waals surface area contributed by atoms with E-state index in [9.17, 15) is 9.90 Å². The number of nitrogens with zero attached hydrogens (tertiary/aromatic N) is 1. The van der Waals surface area contributed by atoms with E-state index in [0.717, 1.165) is 37.3 Å². The first-order valence-electron chi connectivity index (χ1n) is 5.96. The van der Waals surface area contributed by atoms with Crippen molar-refractivity contribution in [3.63, 3.8) is 0 Å². The minimum absolute atomic E-state index is 0.0591. The highest BCUT2D eigenvalue weighted by Crippen LogP contribution is 2.23. The molecule has 1 aliphatic rings. The van der Waals surface area contributed by atoms with Crippen LogP contribution in [-0.2, 0) is 4.79 Å². The van der Waals surface area contributed by atoms with E-state index in [1.165, 1.54) is 6.92 Å². The molecule has 1 heterocycles. The molecule has 0 radical (unpaired) electrons. The molecule has 0 spiro atoms. The summed E-state index contributed by atoms with van der Waals surface area (Å²) < 4.78 is 0. The standard InChI is InChI=1S/C13H18N2O2/c1-10(16)14-11-3-2-4-12(9-11)15-7-5-13(17)6-8-15/h2-4,9,13,17H,5-8H2,1H3,(H,14,16). The molecular weight excluding hydrogens is 216 g/mol. The van der Waals surface area contributed by atoms with Gasteiger partial charge in [-0.2, -0.15) is 0 Å². The van der Waals surface area contributed by atoms with Crippen molar-refractivity contribution in [3.8, 4) is 0 Å². The third kappa shape index (κ3) is 3.20. The number of hydrogen-bond donors (Lipinski definition) is 2. The van der Waals surface area contributed by atoms with Gasteiger partial charge in [0.05, 0.1) is 6.10 Å². The second kappa shape index (κ2) is 5.19. The van der Waals surface area contributed by atoms with Crippen LogP contribution in [0.15, 0.2) is 24.3 Å². The number of carbonyl (C=O) groups is 1. The minimum Gasteiger partial charge on any atom is -0.393 e. The second-order valence-electron chi connectivity index (χ2n) is 4.45. The summed E-state index contributed by atoms with van der Waals surface area (Å²) in [5.41, 5.74) is 1.92. The van der Waals surface area contributed by atoms with Gasteiger partial charge >= 0.3 is 0 Å². The zero-order chi connectivity index (χ0) is 12.3. The van der Waals surface area contributed by atoms with E-state index < -0.39 is 0 Å². The Morgan fingerprint density at radius 1 is 1.41 bits per heavy atom. The molecule has 0 unspecified atom stereocenters. The van der Waals surface area contributed by atoms with Crippen LogP contribution in [0.5, 0.6) is 0 Å². The first-order chi connectivity index (χ1) is 8.15. The smallest absolute Gasteiger partial charge is 0.221 e. The molecule has 0 bridgehead atoms. The maximum atomic E-state index is 11.0. The van der Waals surface area contributed by atoms with Crippen molar-refractivity contribution in [1.29, 1.82) is 0 Å². The Labute approximate surface area is 101 Å². The number of nitrogens with one attached hydrogen (secondary N) is 1. The summed E-state index contributed by atoms with van der Waals surface area (Å²) in [5, 5.41) is 12.2. The number of benzene rings is 1. The number of anilines is 2. The van der Waals surface area contributed by atoms with Crippen molar-refractivity contribution >= 4 is 17.3 Å². The van der Waals surface area contributed by atoms with Gasteiger partial charge in [0.15, 0.2) is 0 Å². The fourth-order valence-electron chi connectivity index (χ4n) is 2.11. The Balaban J connectivity index is 2.07. The van der Waals surface area contributed by atoms with Crippen molar-refractivity contribution in [2.24, 2.45) is 0 Å². The Kier molecular flexibility index (Phi) is 3.64. The van der Waals surface area contributed by atoms with Crippen LogP contribution < -0.4 is 10.2 Å². The molecular formula is C13H18N2O2. The van der Waals surface area contributed by atoms with Crippen molar-refractivity contribution in [3.05, 3.63) is 24.3 Å². The van der Waals surface area contributed by atoms with Gasteiger partial charge in [-0.05, 0) is 31.0 Å². The van der Waals surface area contributed by atoms with E-state index in [1.54, 1.807) is 0 Å². The summed E-state index contributed by atoms with van der Waals surface area (Å²) in [4.78, 5) is 13.2. The topological polar surface area (TPSA) is 52.6 Å². The fourth-order valence-corrected chi connectivity index (χ4v) is 2.11. The van der Waals surface area contributed by atoms with Crippen LogP contribution >= 0.6 is 0 Å². The van der Waals surface area contributed by atoms with Crippen LogP contribution in [0.3, 0.4) is 0 Å². The maximum Gasteiger partial charge on any atom is 0.221 e. The monoisotopic (exact) mass is 234 g/mol. The molecule has 0 aliphatic carbocycles. The van der Waals surface area contributed by atoms with E-state index >= 15 is 0 Å². The molecule has 0 saturated carbocycles. The third-order valence-electron chi connectivity index (χ3n) is 3.00. The Morgan fingerprint density at radius 2 is 2.12 bits per heavy atom. The van der Waals surface area contributed by atoms with Gasteiger partial charge in [-0.25, -0.2) is 0 Å². The molecule has 4 heteroatoms. The summed E-state index contributed by atoms with van der Waals surface area (Å²) in [6, 6.07) is 7.82. The lowest BCUT2D eigenvalue weighted by Crippen LogP contribution is -2.35. The molecule has 1 fully saturated rings. The fraction of sp³-hybridized carbons (Fsp3) is 0.462. The number of rotatable bonds is 2. The first kappa shape index (κ1) is 11.9. The molecule has 17 heavy (non-hydrogen) atoms. The van der Waals surface area contributed by atoms with Crippen molar-refractivity contribution in [1.82, 2.24) is 0 Å². The summed E-state index contributed by atoms with van der Waals surface area (Å²) in [6.07, 6.45) is 1.46. The van der Waals surface area contributed by atoms with Crippen molar-refractivity contribution in [2.45, 2.75) is 25.9 Å². The lowest BCUT2D eigenvalue weighted by Gasteiger charge is -2.31. The summed E-state index contributed by atoms with van der Waals surface area (Å²) in [6.45, 7) is 3.24. The zero-order valence-electron chi connectivity index (χ0n) is 10.0. The van der Waals surface area contributed by atoms with Crippen molar-refractivity contribution in [2.75, 3.05) is 23.3 Å². The number of amides is 1. The molecule has 2 rings (SSSR count). The molecule has 1 saturated heterocycles. The SMILES string of the molecule is CC(=O)Nc1cccc(N2CCC(O)CC2)c1. The number of hydrogen-bond acceptors (Lipinski definition) is 3. The summed E-state index contributed by atoms with van der Waals surface area (Å²) >= 11 is 0. The highest BCUT2D eigenvalue weighted by Gasteiger charge is 2.17. The Morgan fingerprint density at radius 3 is 2.76 bits per heavy atom. The average Bonchev–Trinajstić information content (AvgIpc) is 2.29. The highest BCUT2D eigenvalue weighted by atomic mass is 16.3. The molecule has 1 aliphatic heterocycles. The number of aliphatic hydroxyl groups excluding tert-OH is 1. The average molecular weight is 234 g/mol. The molecule has 2 N–H and O–H groups in total. The number of piperidine rings is 1. The number of aliphatic hydroxyl groups is 1. The van der Waals surface area contributed by atoms with Gasteiger partial charge in [0.2, 0.25) is 5.91 Å². The molecule has 92 valence electrons. The Hall–Kier alpha value is -1.55. The van der Waals surface area contributed by atoms with Gasteiger partial charge in [-0.3, -0.25) is 4.79 Å². The van der Waals surface area contributed by atoms with Gasteiger partial charge in [0, 0.05) is 31.4 Å². The van der Waals surface area contributed by atoms with Crippen LogP contribution in [0.1, 0.15) is 19.8 Å². The van der Waals surface area contributed by atoms with E-state index in [-0.39, 0.29) is 12.0 Å². The third-order valence-corrected chi connectivity index (χ3v) is 3.00. The Bertz CT molecular complexity index is 398. The summed E-state index contributed by atoms with van der Waals surface area (Å²) in [5.74, 6) is -0.0591. The van der Waals surface area contributed by atoms with Gasteiger partial charge in [0.25, 0.3) is 0 Å². The van der Waals surface area contributed by atoms with Crippen LogP contribution in [0, 0.1) is 0 Å². The summed E-state index contributed by atoms with van der Waals surface area (Å²) in [7, 11) is 0. The first-order valence-corrected chi connectivity index (χ1v) is 5.96. The van der Waals surface area contributed by atoms with E-state index in [0.29, 0.717) is 0 Å². The van der Waals surface area contributed by atoms with Gasteiger partial charge in [-0.1, -0.05) is 6.07 Å². The van der Waals surface area contributed by atoms with E-state index in [2.05, 4.69) is 10.2 Å². The zero-order valence-corrected chi connectivity index (χ0v) is 10.0. The molecule has 1 aromatic rings. The van der Waals surface area contributed by atoms with Gasteiger partial charge in [0.1, 0.15) is 0 Å². The predicted molar refractivity (Wildman–Crippen MR) is 68.2 cm³/mol. The lowest BCUT2D eigenvalue weighted by atomic mass is 10.1. The van der Waals surface area contributed by atoms with Gasteiger partial charge < -0.3 is 15.3 Å². The van der Waals surface area contributed by atoms with Crippen molar-refractivity contribution < 1.29 is 9.90 Å². The highest BCUT2D eigenvalue weighted by molar-refractivity contribution is 5.89.